The van der Waals surface area contributed by atoms with Gasteiger partial charge < -0.3 is 0 Å². The molecular formula is C16H13ClN4OS2. The van der Waals surface area contributed by atoms with E-state index in [0.29, 0.717) is 6.54 Å². The summed E-state index contributed by atoms with van der Waals surface area (Å²) in [6.45, 7) is 2.51. The molecule has 24 heavy (non-hydrogen) atoms. The Balaban J connectivity index is 1.55. The van der Waals surface area contributed by atoms with E-state index in [-0.39, 0.29) is 11.8 Å². The fourth-order valence-electron chi connectivity index (χ4n) is 2.69. The number of hydrogen-bond acceptors (Lipinski definition) is 6. The fraction of sp³-hybridized carbons (Fsp3) is 0.250. The third-order valence-electron chi connectivity index (χ3n) is 4.06. The first-order valence-electron chi connectivity index (χ1n) is 7.48. The number of aromatic nitrogens is 2. The standard InChI is InChI=1S/C16H13ClN4OS2/c1-9(10-2-3-11-13(8-10)20-24-19-11)16(22)21-7-6-12(18-21)14-4-5-15(17)23-14/h2-5,8-9H,6-7H2,1H3. The molecule has 0 fully saturated rings. The van der Waals surface area contributed by atoms with E-state index < -0.39 is 0 Å². The Labute approximate surface area is 151 Å². The van der Waals surface area contributed by atoms with E-state index in [4.69, 9.17) is 11.6 Å². The first-order valence-corrected chi connectivity index (χ1v) is 9.41. The molecule has 1 aliphatic rings. The Bertz CT molecular complexity index is 948. The zero-order valence-electron chi connectivity index (χ0n) is 12.8. The molecule has 1 unspecified atom stereocenters. The molecule has 1 atom stereocenters. The van der Waals surface area contributed by atoms with Gasteiger partial charge in [-0.2, -0.15) is 13.8 Å². The highest BCUT2D eigenvalue weighted by molar-refractivity contribution is 7.18. The van der Waals surface area contributed by atoms with E-state index in [9.17, 15) is 4.79 Å². The average molecular weight is 377 g/mol. The van der Waals surface area contributed by atoms with Crippen molar-refractivity contribution in [2.24, 2.45) is 5.10 Å². The van der Waals surface area contributed by atoms with Crippen LogP contribution in [-0.2, 0) is 4.79 Å². The van der Waals surface area contributed by atoms with Crippen LogP contribution >= 0.6 is 34.7 Å². The van der Waals surface area contributed by atoms with E-state index in [1.54, 1.807) is 5.01 Å². The second kappa shape index (κ2) is 6.23. The molecule has 0 N–H and O–H groups in total. The van der Waals surface area contributed by atoms with Gasteiger partial charge in [-0.25, -0.2) is 5.01 Å². The highest BCUT2D eigenvalue weighted by Gasteiger charge is 2.27. The van der Waals surface area contributed by atoms with Gasteiger partial charge in [0, 0.05) is 6.42 Å². The number of rotatable bonds is 3. The number of fused-ring (bicyclic) bond motifs is 1. The molecule has 3 heterocycles. The highest BCUT2D eigenvalue weighted by atomic mass is 35.5. The van der Waals surface area contributed by atoms with Gasteiger partial charge in [-0.15, -0.1) is 11.3 Å². The lowest BCUT2D eigenvalue weighted by Gasteiger charge is -2.17. The lowest BCUT2D eigenvalue weighted by atomic mass is 9.99. The normalized spacial score (nSPS) is 15.8. The van der Waals surface area contributed by atoms with Crippen LogP contribution < -0.4 is 0 Å². The molecule has 0 saturated carbocycles. The summed E-state index contributed by atoms with van der Waals surface area (Å²) in [4.78, 5) is 13.8. The van der Waals surface area contributed by atoms with Crippen molar-refractivity contribution >= 4 is 57.3 Å². The molecule has 1 aliphatic heterocycles. The smallest absolute Gasteiger partial charge is 0.249 e. The van der Waals surface area contributed by atoms with Crippen LogP contribution in [-0.4, -0.2) is 31.9 Å². The maximum Gasteiger partial charge on any atom is 0.249 e. The summed E-state index contributed by atoms with van der Waals surface area (Å²) in [5.41, 5.74) is 3.55. The number of carbonyl (C=O) groups is 1. The van der Waals surface area contributed by atoms with E-state index in [0.717, 1.165) is 37.9 Å². The van der Waals surface area contributed by atoms with E-state index in [1.165, 1.54) is 23.1 Å². The van der Waals surface area contributed by atoms with Crippen molar-refractivity contribution in [1.82, 2.24) is 13.8 Å². The van der Waals surface area contributed by atoms with E-state index in [2.05, 4.69) is 13.8 Å². The number of carbonyl (C=O) groups excluding carboxylic acids is 1. The average Bonchev–Trinajstić information content (AvgIpc) is 3.32. The first-order chi connectivity index (χ1) is 11.6. The summed E-state index contributed by atoms with van der Waals surface area (Å²) in [6, 6.07) is 9.58. The molecule has 8 heteroatoms. The number of hydrazone groups is 1. The topological polar surface area (TPSA) is 58.5 Å². The predicted octanol–water partition coefficient (Wildman–Crippen LogP) is 4.15. The third kappa shape index (κ3) is 2.83. The number of hydrogen-bond donors (Lipinski definition) is 0. The van der Waals surface area contributed by atoms with Crippen LogP contribution in [0.15, 0.2) is 35.4 Å². The van der Waals surface area contributed by atoms with Gasteiger partial charge in [-0.3, -0.25) is 4.79 Å². The van der Waals surface area contributed by atoms with Crippen LogP contribution in [0.3, 0.4) is 0 Å². The van der Waals surface area contributed by atoms with Crippen molar-refractivity contribution in [1.29, 1.82) is 0 Å². The molecule has 2 aromatic heterocycles. The van der Waals surface area contributed by atoms with Crippen molar-refractivity contribution in [3.63, 3.8) is 0 Å². The summed E-state index contributed by atoms with van der Waals surface area (Å²) >= 11 is 8.65. The molecule has 5 nitrogen and oxygen atoms in total. The molecule has 0 bridgehead atoms. The van der Waals surface area contributed by atoms with Gasteiger partial charge in [-0.05, 0) is 36.8 Å². The molecule has 1 aromatic carbocycles. The van der Waals surface area contributed by atoms with Gasteiger partial charge >= 0.3 is 0 Å². The Morgan fingerprint density at radius 2 is 2.08 bits per heavy atom. The molecular weight excluding hydrogens is 364 g/mol. The van der Waals surface area contributed by atoms with Crippen LogP contribution in [0, 0.1) is 0 Å². The van der Waals surface area contributed by atoms with Gasteiger partial charge in [0.1, 0.15) is 11.0 Å². The van der Waals surface area contributed by atoms with Crippen molar-refractivity contribution < 1.29 is 4.79 Å². The molecule has 4 rings (SSSR count). The Hall–Kier alpha value is -1.83. The largest absolute Gasteiger partial charge is 0.272 e. The second-order valence-corrected chi connectivity index (χ2v) is 7.84. The maximum absolute atomic E-state index is 12.8. The van der Waals surface area contributed by atoms with Crippen LogP contribution in [0.1, 0.15) is 29.7 Å². The SMILES string of the molecule is CC(C(=O)N1CCC(c2ccc(Cl)s2)=N1)c1ccc2nsnc2c1. The molecule has 0 spiro atoms. The fourth-order valence-corrected chi connectivity index (χ4v) is 4.27. The van der Waals surface area contributed by atoms with Crippen molar-refractivity contribution in [2.75, 3.05) is 6.54 Å². The van der Waals surface area contributed by atoms with Gasteiger partial charge in [-0.1, -0.05) is 17.7 Å². The summed E-state index contributed by atoms with van der Waals surface area (Å²) in [5, 5.41) is 6.06. The molecule has 3 aromatic rings. The lowest BCUT2D eigenvalue weighted by molar-refractivity contribution is -0.131. The van der Waals surface area contributed by atoms with Crippen molar-refractivity contribution in [3.8, 4) is 0 Å². The molecule has 122 valence electrons. The van der Waals surface area contributed by atoms with Gasteiger partial charge in [0.2, 0.25) is 5.91 Å². The Morgan fingerprint density at radius 1 is 1.25 bits per heavy atom. The highest BCUT2D eigenvalue weighted by Crippen LogP contribution is 2.27. The van der Waals surface area contributed by atoms with Crippen LogP contribution in [0.5, 0.6) is 0 Å². The summed E-state index contributed by atoms with van der Waals surface area (Å²) in [5.74, 6) is -0.277. The number of amides is 1. The quantitative estimate of drug-likeness (QED) is 0.690. The van der Waals surface area contributed by atoms with E-state index in [1.807, 2.05) is 37.3 Å². The zero-order chi connectivity index (χ0) is 16.7. The van der Waals surface area contributed by atoms with Crippen LogP contribution in [0.2, 0.25) is 4.34 Å². The summed E-state index contributed by atoms with van der Waals surface area (Å²) in [6.07, 6.45) is 0.754. The number of thiophene rings is 1. The second-order valence-electron chi connectivity index (χ2n) is 5.60. The van der Waals surface area contributed by atoms with Crippen molar-refractivity contribution in [2.45, 2.75) is 19.3 Å². The summed E-state index contributed by atoms with van der Waals surface area (Å²) < 4.78 is 9.16. The Kier molecular flexibility index (Phi) is 4.07. The maximum atomic E-state index is 12.8. The Morgan fingerprint density at radius 3 is 2.88 bits per heavy atom. The van der Waals surface area contributed by atoms with Gasteiger partial charge in [0.25, 0.3) is 0 Å². The van der Waals surface area contributed by atoms with E-state index >= 15 is 0 Å². The minimum atomic E-state index is -0.272. The third-order valence-corrected chi connectivity index (χ3v) is 5.90. The molecule has 0 aliphatic carbocycles. The zero-order valence-corrected chi connectivity index (χ0v) is 15.2. The number of benzene rings is 1. The molecule has 1 amide bonds. The van der Waals surface area contributed by atoms with Crippen LogP contribution in [0.25, 0.3) is 11.0 Å². The molecule has 0 radical (unpaired) electrons. The number of halogens is 1. The minimum Gasteiger partial charge on any atom is -0.272 e. The summed E-state index contributed by atoms with van der Waals surface area (Å²) in [7, 11) is 0. The van der Waals surface area contributed by atoms with Gasteiger partial charge in [0.15, 0.2) is 0 Å². The number of nitrogens with zero attached hydrogens (tertiary/aromatic N) is 4. The monoisotopic (exact) mass is 376 g/mol. The van der Waals surface area contributed by atoms with Crippen LogP contribution in [0.4, 0.5) is 0 Å². The van der Waals surface area contributed by atoms with Crippen molar-refractivity contribution in [3.05, 3.63) is 45.1 Å². The first kappa shape index (κ1) is 15.7. The molecule has 0 saturated heterocycles. The predicted molar refractivity (Wildman–Crippen MR) is 98.0 cm³/mol. The minimum absolute atomic E-state index is 0.00445. The van der Waals surface area contributed by atoms with Gasteiger partial charge in [0.05, 0.1) is 39.1 Å². The lowest BCUT2D eigenvalue weighted by Crippen LogP contribution is -2.28.